The van der Waals surface area contributed by atoms with E-state index in [0.717, 1.165) is 24.0 Å². The van der Waals surface area contributed by atoms with Gasteiger partial charge in [-0.25, -0.2) is 4.39 Å². The molecule has 3 aromatic carbocycles. The molecule has 0 saturated heterocycles. The minimum Gasteiger partial charge on any atom is -0.493 e. The van der Waals surface area contributed by atoms with Gasteiger partial charge in [0.25, 0.3) is 5.91 Å². The van der Waals surface area contributed by atoms with Crippen molar-refractivity contribution in [2.45, 2.75) is 19.4 Å². The highest BCUT2D eigenvalue weighted by atomic mass is 19.1. The smallest absolute Gasteiger partial charge is 0.258 e. The second-order valence-electron chi connectivity index (χ2n) is 7.32. The number of carbonyl (C=O) groups is 1. The Labute approximate surface area is 181 Å². The molecule has 1 amide bonds. The largest absolute Gasteiger partial charge is 0.493 e. The van der Waals surface area contributed by atoms with E-state index >= 15 is 0 Å². The molecule has 1 heterocycles. The predicted molar refractivity (Wildman–Crippen MR) is 117 cm³/mol. The molecule has 0 saturated carbocycles. The van der Waals surface area contributed by atoms with Gasteiger partial charge in [0, 0.05) is 12.1 Å². The van der Waals surface area contributed by atoms with Crippen LogP contribution >= 0.6 is 0 Å². The maximum atomic E-state index is 13.9. The Morgan fingerprint density at radius 3 is 2.39 bits per heavy atom. The number of hydrogen-bond donors (Lipinski definition) is 0. The Balaban J connectivity index is 1.65. The fourth-order valence-corrected chi connectivity index (χ4v) is 3.79. The van der Waals surface area contributed by atoms with Crippen LogP contribution in [0.15, 0.2) is 60.7 Å². The molecular formula is C25H24FNO4. The number of anilines is 1. The third-order valence-electron chi connectivity index (χ3n) is 5.34. The molecule has 0 bridgehead atoms. The first-order valence-corrected chi connectivity index (χ1v) is 10.1. The lowest BCUT2D eigenvalue weighted by Crippen LogP contribution is -2.35. The second-order valence-corrected chi connectivity index (χ2v) is 7.32. The average Bonchev–Trinajstić information content (AvgIpc) is 2.81. The van der Waals surface area contributed by atoms with E-state index in [-0.39, 0.29) is 11.7 Å². The number of fused-ring (bicyclic) bond motifs is 1. The van der Waals surface area contributed by atoms with Crippen LogP contribution in [-0.4, -0.2) is 26.7 Å². The van der Waals surface area contributed by atoms with Crippen molar-refractivity contribution in [3.63, 3.8) is 0 Å². The highest BCUT2D eigenvalue weighted by Crippen LogP contribution is 2.40. The first-order valence-electron chi connectivity index (χ1n) is 10.1. The summed E-state index contributed by atoms with van der Waals surface area (Å²) in [7, 11) is 3.04. The fraction of sp³-hybridized carbons (Fsp3) is 0.240. The number of carbonyl (C=O) groups excluding carboxylic acids is 1. The number of methoxy groups -OCH3 is 2. The maximum absolute atomic E-state index is 13.9. The lowest BCUT2D eigenvalue weighted by Gasteiger charge is -2.30. The number of aryl methyl sites for hydroxylation is 1. The maximum Gasteiger partial charge on any atom is 0.258 e. The highest BCUT2D eigenvalue weighted by Gasteiger charge is 2.26. The molecular weight excluding hydrogens is 397 g/mol. The molecule has 0 N–H and O–H groups in total. The summed E-state index contributed by atoms with van der Waals surface area (Å²) in [6.45, 7) is 0.853. The van der Waals surface area contributed by atoms with E-state index < -0.39 is 0 Å². The van der Waals surface area contributed by atoms with Crippen LogP contribution in [0.4, 0.5) is 10.1 Å². The van der Waals surface area contributed by atoms with E-state index in [9.17, 15) is 9.18 Å². The van der Waals surface area contributed by atoms with Gasteiger partial charge >= 0.3 is 0 Å². The van der Waals surface area contributed by atoms with Gasteiger partial charge in [-0.05, 0) is 48.2 Å². The van der Waals surface area contributed by atoms with Gasteiger partial charge in [0.2, 0.25) is 5.75 Å². The Bertz CT molecular complexity index is 1060. The van der Waals surface area contributed by atoms with E-state index in [2.05, 4.69) is 0 Å². The molecule has 0 radical (unpaired) electrons. The van der Waals surface area contributed by atoms with Gasteiger partial charge in [-0.3, -0.25) is 4.79 Å². The number of nitrogens with zero attached hydrogens (tertiary/aromatic N) is 1. The van der Waals surface area contributed by atoms with E-state index in [0.29, 0.717) is 41.7 Å². The van der Waals surface area contributed by atoms with E-state index in [1.54, 1.807) is 23.1 Å². The SMILES string of the molecule is COc1cc(C(=O)N2CCCc3ccc(F)cc32)cc(OC)c1OCc1ccccc1. The molecule has 0 unspecified atom stereocenters. The number of hydrogen-bond acceptors (Lipinski definition) is 4. The normalized spacial score (nSPS) is 12.8. The first kappa shape index (κ1) is 20.7. The molecule has 160 valence electrons. The van der Waals surface area contributed by atoms with Gasteiger partial charge in [0.1, 0.15) is 12.4 Å². The standard InChI is InChI=1S/C25H24FNO4/c1-29-22-13-19(14-23(30-2)24(22)31-16-17-7-4-3-5-8-17)25(28)27-12-6-9-18-10-11-20(26)15-21(18)27/h3-5,7-8,10-11,13-15H,6,9,12,16H2,1-2H3. The predicted octanol–water partition coefficient (Wildman–Crippen LogP) is 5.01. The summed E-state index contributed by atoms with van der Waals surface area (Å²) in [5.41, 5.74) is 2.96. The van der Waals surface area contributed by atoms with Crippen molar-refractivity contribution in [3.8, 4) is 17.2 Å². The third kappa shape index (κ3) is 4.33. The number of amides is 1. The van der Waals surface area contributed by atoms with E-state index in [4.69, 9.17) is 14.2 Å². The van der Waals surface area contributed by atoms with Crippen LogP contribution < -0.4 is 19.1 Å². The zero-order chi connectivity index (χ0) is 21.8. The lowest BCUT2D eigenvalue weighted by atomic mass is 10.0. The monoisotopic (exact) mass is 421 g/mol. The van der Waals surface area contributed by atoms with Gasteiger partial charge in [0.05, 0.1) is 19.9 Å². The summed E-state index contributed by atoms with van der Waals surface area (Å²) < 4.78 is 30.8. The zero-order valence-electron chi connectivity index (χ0n) is 17.6. The summed E-state index contributed by atoms with van der Waals surface area (Å²) in [4.78, 5) is 15.0. The van der Waals surface area contributed by atoms with Gasteiger partial charge in [-0.1, -0.05) is 36.4 Å². The van der Waals surface area contributed by atoms with Crippen LogP contribution in [0.5, 0.6) is 17.2 Å². The number of rotatable bonds is 6. The number of halogens is 1. The van der Waals surface area contributed by atoms with Crippen molar-refractivity contribution in [3.05, 3.63) is 83.2 Å². The quantitative estimate of drug-likeness (QED) is 0.561. The molecule has 1 aliphatic heterocycles. The number of benzene rings is 3. The Kier molecular flexibility index (Phi) is 6.07. The van der Waals surface area contributed by atoms with Crippen LogP contribution in [0, 0.1) is 5.82 Å². The van der Waals surface area contributed by atoms with Gasteiger partial charge in [-0.15, -0.1) is 0 Å². The van der Waals surface area contributed by atoms with Crippen LogP contribution in [-0.2, 0) is 13.0 Å². The van der Waals surface area contributed by atoms with Crippen LogP contribution in [0.25, 0.3) is 0 Å². The lowest BCUT2D eigenvalue weighted by molar-refractivity contribution is 0.0984. The molecule has 3 aromatic rings. The Morgan fingerprint density at radius 1 is 1.00 bits per heavy atom. The molecule has 0 aliphatic carbocycles. The Morgan fingerprint density at radius 2 is 1.71 bits per heavy atom. The summed E-state index contributed by atoms with van der Waals surface area (Å²) in [5.74, 6) is 0.622. The molecule has 1 aliphatic rings. The van der Waals surface area contributed by atoms with Crippen LogP contribution in [0.2, 0.25) is 0 Å². The Hall–Kier alpha value is -3.54. The van der Waals surface area contributed by atoms with Gasteiger partial charge < -0.3 is 19.1 Å². The molecule has 0 aromatic heterocycles. The molecule has 6 heteroatoms. The summed E-state index contributed by atoms with van der Waals surface area (Å²) in [6, 6.07) is 17.6. The highest BCUT2D eigenvalue weighted by molar-refractivity contribution is 6.07. The van der Waals surface area contributed by atoms with Gasteiger partial charge in [-0.2, -0.15) is 0 Å². The first-order chi connectivity index (χ1) is 15.1. The molecule has 4 rings (SSSR count). The fourth-order valence-electron chi connectivity index (χ4n) is 3.79. The van der Waals surface area contributed by atoms with Crippen molar-refractivity contribution in [2.75, 3.05) is 25.7 Å². The molecule has 0 fully saturated rings. The molecule has 31 heavy (non-hydrogen) atoms. The van der Waals surface area contributed by atoms with Crippen molar-refractivity contribution >= 4 is 11.6 Å². The van der Waals surface area contributed by atoms with Gasteiger partial charge in [0.15, 0.2) is 11.5 Å². The molecule has 5 nitrogen and oxygen atoms in total. The van der Waals surface area contributed by atoms with Crippen molar-refractivity contribution < 1.29 is 23.4 Å². The topological polar surface area (TPSA) is 48.0 Å². The summed E-state index contributed by atoms with van der Waals surface area (Å²) in [6.07, 6.45) is 1.63. The minimum atomic E-state index is -0.363. The second kappa shape index (κ2) is 9.08. The third-order valence-corrected chi connectivity index (χ3v) is 5.34. The van der Waals surface area contributed by atoms with Crippen molar-refractivity contribution in [1.82, 2.24) is 0 Å². The molecule has 0 atom stereocenters. The van der Waals surface area contributed by atoms with Crippen molar-refractivity contribution in [1.29, 1.82) is 0 Å². The van der Waals surface area contributed by atoms with Crippen molar-refractivity contribution in [2.24, 2.45) is 0 Å². The van der Waals surface area contributed by atoms with Crippen LogP contribution in [0.1, 0.15) is 27.9 Å². The number of ether oxygens (including phenoxy) is 3. The minimum absolute atomic E-state index is 0.238. The van der Waals surface area contributed by atoms with E-state index in [1.807, 2.05) is 30.3 Å². The summed E-state index contributed by atoms with van der Waals surface area (Å²) >= 11 is 0. The molecule has 0 spiro atoms. The van der Waals surface area contributed by atoms with Crippen LogP contribution in [0.3, 0.4) is 0 Å². The zero-order valence-corrected chi connectivity index (χ0v) is 17.6. The average molecular weight is 421 g/mol. The van der Waals surface area contributed by atoms with E-state index in [1.165, 1.54) is 26.4 Å². The summed E-state index contributed by atoms with van der Waals surface area (Å²) in [5, 5.41) is 0.